The molecule has 0 fully saturated rings. The molecule has 0 radical (unpaired) electrons. The summed E-state index contributed by atoms with van der Waals surface area (Å²) in [7, 11) is 1.59. The maximum atomic E-state index is 12.2. The smallest absolute Gasteiger partial charge is 0.303 e. The summed E-state index contributed by atoms with van der Waals surface area (Å²) in [6.45, 7) is 3.61. The summed E-state index contributed by atoms with van der Waals surface area (Å²) in [6.07, 6.45) is 0.0189. The molecule has 1 heterocycles. The first-order chi connectivity index (χ1) is 12.3. The molecule has 0 aliphatic rings. The van der Waals surface area contributed by atoms with Crippen molar-refractivity contribution in [3.8, 4) is 22.9 Å². The van der Waals surface area contributed by atoms with Crippen LogP contribution in [0.1, 0.15) is 30.2 Å². The van der Waals surface area contributed by atoms with E-state index in [2.05, 4.69) is 11.4 Å². The number of carboxylic acid groups (broad SMARTS) is 1. The SMILES string of the molecule is COc1ccc(-c2c(C)sc(NC(=O)C[C@@H](C)CC(=O)O)c2C#N)cc1. The fraction of sp³-hybridized carbons (Fsp3) is 0.316. The van der Waals surface area contributed by atoms with Crippen molar-refractivity contribution < 1.29 is 19.4 Å². The van der Waals surface area contributed by atoms with Gasteiger partial charge in [0.1, 0.15) is 16.8 Å². The maximum absolute atomic E-state index is 12.2. The van der Waals surface area contributed by atoms with Crippen LogP contribution in [0.5, 0.6) is 5.75 Å². The largest absolute Gasteiger partial charge is 0.497 e. The molecule has 136 valence electrons. The number of aryl methyl sites for hydroxylation is 1. The summed E-state index contributed by atoms with van der Waals surface area (Å²) < 4.78 is 5.15. The minimum atomic E-state index is -0.934. The molecule has 1 aromatic carbocycles. The number of rotatable bonds is 7. The van der Waals surface area contributed by atoms with Gasteiger partial charge in [-0.1, -0.05) is 19.1 Å². The Kier molecular flexibility index (Phi) is 6.36. The molecule has 7 heteroatoms. The van der Waals surface area contributed by atoms with Gasteiger partial charge in [0.25, 0.3) is 0 Å². The number of nitrogens with zero attached hydrogens (tertiary/aromatic N) is 1. The normalized spacial score (nSPS) is 11.5. The number of hydrogen-bond acceptors (Lipinski definition) is 5. The number of methoxy groups -OCH3 is 1. The van der Waals surface area contributed by atoms with Crippen LogP contribution < -0.4 is 10.1 Å². The molecule has 1 aromatic heterocycles. The van der Waals surface area contributed by atoms with Crippen LogP contribution >= 0.6 is 11.3 Å². The fourth-order valence-corrected chi connectivity index (χ4v) is 3.75. The molecular weight excluding hydrogens is 352 g/mol. The Bertz CT molecular complexity index is 850. The lowest BCUT2D eigenvalue weighted by atomic mass is 10.0. The van der Waals surface area contributed by atoms with E-state index >= 15 is 0 Å². The summed E-state index contributed by atoms with van der Waals surface area (Å²) >= 11 is 1.34. The zero-order chi connectivity index (χ0) is 19.3. The zero-order valence-electron chi connectivity index (χ0n) is 14.8. The number of ether oxygens (including phenoxy) is 1. The van der Waals surface area contributed by atoms with Gasteiger partial charge in [-0.2, -0.15) is 5.26 Å². The molecule has 26 heavy (non-hydrogen) atoms. The standard InChI is InChI=1S/C19H20N2O4S/c1-11(9-17(23)24)8-16(22)21-19-15(10-20)18(12(2)26-19)13-4-6-14(25-3)7-5-13/h4-7,11H,8-9H2,1-3H3,(H,21,22)(H,23,24)/t11-/m1/s1. The number of nitriles is 1. The van der Waals surface area contributed by atoms with Crippen LogP contribution in [0.3, 0.4) is 0 Å². The molecular formula is C19H20N2O4S. The van der Waals surface area contributed by atoms with Gasteiger partial charge in [-0.15, -0.1) is 11.3 Å². The van der Waals surface area contributed by atoms with Gasteiger partial charge >= 0.3 is 5.97 Å². The number of carbonyl (C=O) groups excluding carboxylic acids is 1. The van der Waals surface area contributed by atoms with Crippen molar-refractivity contribution in [3.63, 3.8) is 0 Å². The number of amides is 1. The van der Waals surface area contributed by atoms with Crippen molar-refractivity contribution in [3.05, 3.63) is 34.7 Å². The second-order valence-electron chi connectivity index (χ2n) is 6.03. The lowest BCUT2D eigenvalue weighted by molar-refractivity contribution is -0.138. The number of nitrogens with one attached hydrogen (secondary N) is 1. The minimum absolute atomic E-state index is 0.0703. The van der Waals surface area contributed by atoms with Gasteiger partial charge in [0.05, 0.1) is 12.7 Å². The third-order valence-electron chi connectivity index (χ3n) is 3.88. The van der Waals surface area contributed by atoms with E-state index in [0.717, 1.165) is 21.8 Å². The van der Waals surface area contributed by atoms with Crippen LogP contribution in [-0.4, -0.2) is 24.1 Å². The molecule has 2 rings (SSSR count). The first-order valence-corrected chi connectivity index (χ1v) is 8.86. The number of hydrogen-bond donors (Lipinski definition) is 2. The van der Waals surface area contributed by atoms with Gasteiger partial charge in [0.15, 0.2) is 0 Å². The van der Waals surface area contributed by atoms with Gasteiger partial charge in [-0.3, -0.25) is 9.59 Å². The Morgan fingerprint density at radius 3 is 2.50 bits per heavy atom. The van der Waals surface area contributed by atoms with Gasteiger partial charge in [0, 0.05) is 23.3 Å². The van der Waals surface area contributed by atoms with E-state index in [4.69, 9.17) is 9.84 Å². The van der Waals surface area contributed by atoms with Crippen LogP contribution in [0.2, 0.25) is 0 Å². The van der Waals surface area contributed by atoms with E-state index < -0.39 is 5.97 Å². The predicted octanol–water partition coefficient (Wildman–Crippen LogP) is 4.04. The highest BCUT2D eigenvalue weighted by molar-refractivity contribution is 7.17. The van der Waals surface area contributed by atoms with Crippen LogP contribution in [0.15, 0.2) is 24.3 Å². The topological polar surface area (TPSA) is 99.4 Å². The van der Waals surface area contributed by atoms with Crippen LogP contribution in [0.25, 0.3) is 11.1 Å². The van der Waals surface area contributed by atoms with Crippen molar-refractivity contribution >= 4 is 28.2 Å². The lowest BCUT2D eigenvalue weighted by Gasteiger charge is -2.08. The maximum Gasteiger partial charge on any atom is 0.303 e. The van der Waals surface area contributed by atoms with Crippen LogP contribution in [0, 0.1) is 24.2 Å². The number of carbonyl (C=O) groups is 2. The molecule has 2 N–H and O–H groups in total. The first kappa shape index (κ1) is 19.5. The second-order valence-corrected chi connectivity index (χ2v) is 7.26. The highest BCUT2D eigenvalue weighted by Crippen LogP contribution is 2.39. The summed E-state index contributed by atoms with van der Waals surface area (Å²) in [5, 5.41) is 21.6. The lowest BCUT2D eigenvalue weighted by Crippen LogP contribution is -2.16. The molecule has 0 spiro atoms. The predicted molar refractivity (Wildman–Crippen MR) is 100 cm³/mol. The highest BCUT2D eigenvalue weighted by Gasteiger charge is 2.20. The Morgan fingerprint density at radius 2 is 1.96 bits per heavy atom. The second kappa shape index (κ2) is 8.50. The molecule has 2 aromatic rings. The van der Waals surface area contributed by atoms with E-state index in [9.17, 15) is 14.9 Å². The summed E-state index contributed by atoms with van der Waals surface area (Å²) in [4.78, 5) is 23.8. The molecule has 0 aliphatic carbocycles. The van der Waals surface area contributed by atoms with E-state index in [1.54, 1.807) is 14.0 Å². The van der Waals surface area contributed by atoms with Crippen molar-refractivity contribution in [2.75, 3.05) is 12.4 Å². The molecule has 0 unspecified atom stereocenters. The highest BCUT2D eigenvalue weighted by atomic mass is 32.1. The third kappa shape index (κ3) is 4.61. The van der Waals surface area contributed by atoms with Gasteiger partial charge in [0.2, 0.25) is 5.91 Å². The summed E-state index contributed by atoms with van der Waals surface area (Å²) in [6, 6.07) is 9.55. The average Bonchev–Trinajstić information content (AvgIpc) is 2.88. The molecule has 1 amide bonds. The van der Waals surface area contributed by atoms with E-state index in [1.807, 2.05) is 31.2 Å². The molecule has 0 saturated carbocycles. The quantitative estimate of drug-likeness (QED) is 0.764. The van der Waals surface area contributed by atoms with Crippen molar-refractivity contribution in [2.45, 2.75) is 26.7 Å². The van der Waals surface area contributed by atoms with Crippen LogP contribution in [-0.2, 0) is 9.59 Å². The number of aliphatic carboxylic acids is 1. The van der Waals surface area contributed by atoms with E-state index in [0.29, 0.717) is 10.6 Å². The van der Waals surface area contributed by atoms with Crippen molar-refractivity contribution in [2.24, 2.45) is 5.92 Å². The molecule has 0 aliphatic heterocycles. The van der Waals surface area contributed by atoms with Crippen molar-refractivity contribution in [1.82, 2.24) is 0 Å². The number of anilines is 1. The van der Waals surface area contributed by atoms with Gasteiger partial charge in [-0.05, 0) is 30.5 Å². The average molecular weight is 372 g/mol. The zero-order valence-corrected chi connectivity index (χ0v) is 15.6. The van der Waals surface area contributed by atoms with Gasteiger partial charge < -0.3 is 15.2 Å². The molecule has 1 atom stereocenters. The molecule has 0 bridgehead atoms. The Hall–Kier alpha value is -2.85. The summed E-state index contributed by atoms with van der Waals surface area (Å²) in [5.41, 5.74) is 2.07. The van der Waals surface area contributed by atoms with Crippen molar-refractivity contribution in [1.29, 1.82) is 5.26 Å². The minimum Gasteiger partial charge on any atom is -0.497 e. The summed E-state index contributed by atoms with van der Waals surface area (Å²) in [5.74, 6) is -0.782. The molecule has 0 saturated heterocycles. The Balaban J connectivity index is 2.24. The molecule has 6 nitrogen and oxygen atoms in total. The van der Waals surface area contributed by atoms with E-state index in [-0.39, 0.29) is 24.7 Å². The monoisotopic (exact) mass is 372 g/mol. The number of thiophene rings is 1. The van der Waals surface area contributed by atoms with E-state index in [1.165, 1.54) is 11.3 Å². The number of benzene rings is 1. The Labute approximate surface area is 156 Å². The first-order valence-electron chi connectivity index (χ1n) is 8.05. The van der Waals surface area contributed by atoms with Crippen LogP contribution in [0.4, 0.5) is 5.00 Å². The van der Waals surface area contributed by atoms with Gasteiger partial charge in [-0.25, -0.2) is 0 Å². The third-order valence-corrected chi connectivity index (χ3v) is 4.91. The fourth-order valence-electron chi connectivity index (χ4n) is 2.71. The number of carboxylic acids is 1. The Morgan fingerprint density at radius 1 is 1.31 bits per heavy atom.